The molecule has 2 aromatic rings. The molecule has 1 aliphatic carbocycles. The van der Waals surface area contributed by atoms with Crippen LogP contribution in [0.15, 0.2) is 24.3 Å². The van der Waals surface area contributed by atoms with E-state index in [1.807, 2.05) is 38.2 Å². The van der Waals surface area contributed by atoms with Gasteiger partial charge in [0.2, 0.25) is 5.88 Å². The highest BCUT2D eigenvalue weighted by atomic mass is 127. The second-order valence-electron chi connectivity index (χ2n) is 4.94. The van der Waals surface area contributed by atoms with Crippen molar-refractivity contribution in [2.45, 2.75) is 25.7 Å². The Labute approximate surface area is 132 Å². The lowest BCUT2D eigenvalue weighted by Gasteiger charge is -2.12. The average Bonchev–Trinajstić information content (AvgIpc) is 3.25. The summed E-state index contributed by atoms with van der Waals surface area (Å²) in [6, 6.07) is 7.96. The van der Waals surface area contributed by atoms with E-state index >= 15 is 0 Å². The van der Waals surface area contributed by atoms with Crippen LogP contribution in [-0.4, -0.2) is 17.0 Å². The molecule has 1 fully saturated rings. The minimum atomic E-state index is 0.501. The van der Waals surface area contributed by atoms with Crippen molar-refractivity contribution in [2.24, 2.45) is 0 Å². The highest BCUT2D eigenvalue weighted by molar-refractivity contribution is 14.1. The van der Waals surface area contributed by atoms with Crippen LogP contribution in [0.1, 0.15) is 30.1 Å². The van der Waals surface area contributed by atoms with E-state index in [2.05, 4.69) is 37.9 Å². The van der Waals surface area contributed by atoms with E-state index in [1.165, 1.54) is 12.8 Å². The van der Waals surface area contributed by atoms with Gasteiger partial charge in [-0.2, -0.15) is 4.98 Å². The summed E-state index contributed by atoms with van der Waals surface area (Å²) in [5.74, 6) is 3.69. The first-order valence-electron chi connectivity index (χ1n) is 6.67. The SMILES string of the molecule is CNc1nc(C2CC2)nc(Oc2cccc(I)c2)c1C. The highest BCUT2D eigenvalue weighted by Crippen LogP contribution is 2.40. The monoisotopic (exact) mass is 381 g/mol. The van der Waals surface area contributed by atoms with Crippen molar-refractivity contribution in [1.82, 2.24) is 9.97 Å². The Kier molecular flexibility index (Phi) is 3.78. The second-order valence-corrected chi connectivity index (χ2v) is 6.19. The molecule has 0 radical (unpaired) electrons. The standard InChI is InChI=1S/C15H16IN3O/c1-9-13(17-2)18-14(10-6-7-10)19-15(9)20-12-5-3-4-11(16)8-12/h3-5,8,10H,6-7H2,1-2H3,(H,17,18,19). The average molecular weight is 381 g/mol. The first-order valence-corrected chi connectivity index (χ1v) is 7.75. The zero-order valence-electron chi connectivity index (χ0n) is 11.5. The lowest BCUT2D eigenvalue weighted by Crippen LogP contribution is -2.04. The van der Waals surface area contributed by atoms with Gasteiger partial charge in [-0.15, -0.1) is 0 Å². The van der Waals surface area contributed by atoms with Crippen molar-refractivity contribution >= 4 is 28.4 Å². The molecule has 20 heavy (non-hydrogen) atoms. The van der Waals surface area contributed by atoms with E-state index in [1.54, 1.807) is 0 Å². The van der Waals surface area contributed by atoms with Crippen LogP contribution in [0.2, 0.25) is 0 Å². The van der Waals surface area contributed by atoms with Gasteiger partial charge in [-0.25, -0.2) is 4.98 Å². The maximum absolute atomic E-state index is 5.96. The minimum Gasteiger partial charge on any atom is -0.439 e. The molecule has 104 valence electrons. The normalized spacial score (nSPS) is 14.2. The number of nitrogens with zero attached hydrogens (tertiary/aromatic N) is 2. The topological polar surface area (TPSA) is 47.0 Å². The van der Waals surface area contributed by atoms with E-state index < -0.39 is 0 Å². The highest BCUT2D eigenvalue weighted by Gasteiger charge is 2.28. The van der Waals surface area contributed by atoms with Gasteiger partial charge < -0.3 is 10.1 Å². The van der Waals surface area contributed by atoms with Gasteiger partial charge in [0.25, 0.3) is 0 Å². The van der Waals surface area contributed by atoms with Crippen LogP contribution < -0.4 is 10.1 Å². The first kappa shape index (κ1) is 13.6. The number of ether oxygens (including phenoxy) is 1. The van der Waals surface area contributed by atoms with Crippen LogP contribution in [0.25, 0.3) is 0 Å². The van der Waals surface area contributed by atoms with Crippen LogP contribution in [0.3, 0.4) is 0 Å². The number of halogens is 1. The predicted octanol–water partition coefficient (Wildman–Crippen LogP) is 4.10. The molecule has 0 spiro atoms. The fourth-order valence-corrected chi connectivity index (χ4v) is 2.54. The summed E-state index contributed by atoms with van der Waals surface area (Å²) >= 11 is 2.27. The Hall–Kier alpha value is -1.37. The fraction of sp³-hybridized carbons (Fsp3) is 0.333. The predicted molar refractivity (Wildman–Crippen MR) is 87.5 cm³/mol. The number of aromatic nitrogens is 2. The number of nitrogens with one attached hydrogen (secondary N) is 1. The fourth-order valence-electron chi connectivity index (χ4n) is 2.02. The zero-order chi connectivity index (χ0) is 14.1. The quantitative estimate of drug-likeness (QED) is 0.811. The molecular weight excluding hydrogens is 365 g/mol. The van der Waals surface area contributed by atoms with E-state index in [0.717, 1.165) is 26.5 Å². The summed E-state index contributed by atoms with van der Waals surface area (Å²) in [5, 5.41) is 3.12. The van der Waals surface area contributed by atoms with Crippen LogP contribution >= 0.6 is 22.6 Å². The molecule has 0 unspecified atom stereocenters. The maximum atomic E-state index is 5.96. The molecule has 0 aliphatic heterocycles. The van der Waals surface area contributed by atoms with Crippen LogP contribution in [0, 0.1) is 10.5 Å². The Bertz CT molecular complexity index is 641. The Morgan fingerprint density at radius 1 is 1.30 bits per heavy atom. The molecule has 1 heterocycles. The molecule has 1 aliphatic rings. The van der Waals surface area contributed by atoms with Crippen LogP contribution in [-0.2, 0) is 0 Å². The molecule has 3 rings (SSSR count). The Morgan fingerprint density at radius 3 is 2.75 bits per heavy atom. The number of anilines is 1. The summed E-state index contributed by atoms with van der Waals surface area (Å²) < 4.78 is 7.10. The third kappa shape index (κ3) is 2.87. The lowest BCUT2D eigenvalue weighted by atomic mass is 10.3. The van der Waals surface area contributed by atoms with Crippen molar-refractivity contribution in [3.05, 3.63) is 39.2 Å². The van der Waals surface area contributed by atoms with E-state index in [9.17, 15) is 0 Å². The smallest absolute Gasteiger partial charge is 0.227 e. The van der Waals surface area contributed by atoms with E-state index in [0.29, 0.717) is 11.8 Å². The van der Waals surface area contributed by atoms with Crippen LogP contribution in [0.5, 0.6) is 11.6 Å². The Morgan fingerprint density at radius 2 is 2.10 bits per heavy atom. The van der Waals surface area contributed by atoms with E-state index in [4.69, 9.17) is 4.74 Å². The lowest BCUT2D eigenvalue weighted by molar-refractivity contribution is 0.454. The van der Waals surface area contributed by atoms with Crippen molar-refractivity contribution in [2.75, 3.05) is 12.4 Å². The van der Waals surface area contributed by atoms with Gasteiger partial charge in [0, 0.05) is 16.5 Å². The number of hydrogen-bond acceptors (Lipinski definition) is 4. The molecule has 5 heteroatoms. The van der Waals surface area contributed by atoms with Gasteiger partial charge >= 0.3 is 0 Å². The maximum Gasteiger partial charge on any atom is 0.227 e. The van der Waals surface area contributed by atoms with Crippen molar-refractivity contribution < 1.29 is 4.74 Å². The summed E-state index contributed by atoms with van der Waals surface area (Å²) in [7, 11) is 1.88. The molecule has 0 bridgehead atoms. The summed E-state index contributed by atoms with van der Waals surface area (Å²) in [5.41, 5.74) is 0.941. The molecule has 0 atom stereocenters. The molecular formula is C15H16IN3O. The second kappa shape index (κ2) is 5.55. The van der Waals surface area contributed by atoms with Crippen molar-refractivity contribution in [1.29, 1.82) is 0 Å². The molecule has 0 amide bonds. The third-order valence-corrected chi connectivity index (χ3v) is 3.98. The number of hydrogen-bond donors (Lipinski definition) is 1. The Balaban J connectivity index is 1.97. The third-order valence-electron chi connectivity index (χ3n) is 3.31. The van der Waals surface area contributed by atoms with Crippen molar-refractivity contribution in [3.8, 4) is 11.6 Å². The van der Waals surface area contributed by atoms with E-state index in [-0.39, 0.29) is 0 Å². The molecule has 1 aromatic heterocycles. The van der Waals surface area contributed by atoms with Gasteiger partial charge in [0.15, 0.2) is 0 Å². The van der Waals surface area contributed by atoms with Crippen LogP contribution in [0.4, 0.5) is 5.82 Å². The van der Waals surface area contributed by atoms with Gasteiger partial charge in [-0.1, -0.05) is 6.07 Å². The molecule has 0 saturated heterocycles. The summed E-state index contributed by atoms with van der Waals surface area (Å²) in [6.07, 6.45) is 2.35. The van der Waals surface area contributed by atoms with Gasteiger partial charge in [0.05, 0.1) is 5.56 Å². The van der Waals surface area contributed by atoms with Crippen molar-refractivity contribution in [3.63, 3.8) is 0 Å². The van der Waals surface area contributed by atoms with Gasteiger partial charge in [-0.3, -0.25) is 0 Å². The first-order chi connectivity index (χ1) is 9.67. The van der Waals surface area contributed by atoms with Gasteiger partial charge in [0.1, 0.15) is 17.4 Å². The van der Waals surface area contributed by atoms with Gasteiger partial charge in [-0.05, 0) is 60.6 Å². The largest absolute Gasteiger partial charge is 0.439 e. The molecule has 1 N–H and O–H groups in total. The number of benzene rings is 1. The molecule has 1 saturated carbocycles. The minimum absolute atomic E-state index is 0.501. The zero-order valence-corrected chi connectivity index (χ0v) is 13.6. The molecule has 1 aromatic carbocycles. The summed E-state index contributed by atoms with van der Waals surface area (Å²) in [4.78, 5) is 9.16. The summed E-state index contributed by atoms with van der Waals surface area (Å²) in [6.45, 7) is 1.98. The number of rotatable bonds is 4. The molecule has 4 nitrogen and oxygen atoms in total.